The van der Waals surface area contributed by atoms with Crippen molar-refractivity contribution < 1.29 is 22.4 Å². The van der Waals surface area contributed by atoms with Gasteiger partial charge in [0.1, 0.15) is 5.82 Å². The molecule has 1 aromatic carbocycles. The van der Waals surface area contributed by atoms with Crippen LogP contribution in [-0.2, 0) is 17.5 Å². The quantitative estimate of drug-likeness (QED) is 0.327. The van der Waals surface area contributed by atoms with Crippen LogP contribution in [-0.4, -0.2) is 42.9 Å². The number of likely N-dealkylation sites (tertiary alicyclic amines) is 1. The first-order valence-corrected chi connectivity index (χ1v) is 8.97. The molecular weight excluding hydrogens is 364 g/mol. The Labute approximate surface area is 155 Å². The first kappa shape index (κ1) is 21.0. The fourth-order valence-corrected chi connectivity index (χ4v) is 2.87. The van der Waals surface area contributed by atoms with Gasteiger partial charge in [0.2, 0.25) is 5.91 Å². The Bertz CT molecular complexity index is 676. The molecule has 0 spiro atoms. The van der Waals surface area contributed by atoms with Crippen molar-refractivity contribution in [3.05, 3.63) is 35.1 Å². The Balaban J connectivity index is 1.94. The van der Waals surface area contributed by atoms with Crippen LogP contribution in [0.2, 0.25) is 0 Å². The number of nitrogens with one attached hydrogen (secondary N) is 2. The molecule has 0 saturated carbocycles. The van der Waals surface area contributed by atoms with Crippen LogP contribution < -0.4 is 10.6 Å². The maximum Gasteiger partial charge on any atom is 0.416 e. The number of rotatable bonds is 7. The second kappa shape index (κ2) is 9.57. The smallest absolute Gasteiger partial charge is 0.357 e. The van der Waals surface area contributed by atoms with Gasteiger partial charge in [0, 0.05) is 32.6 Å². The van der Waals surface area contributed by atoms with E-state index in [1.54, 1.807) is 4.90 Å². The van der Waals surface area contributed by atoms with E-state index in [9.17, 15) is 22.4 Å². The summed E-state index contributed by atoms with van der Waals surface area (Å²) < 4.78 is 52.3. The molecule has 2 rings (SSSR count). The predicted octanol–water partition coefficient (Wildman–Crippen LogP) is 2.91. The standard InChI is InChI=1S/C18H24F4N4O/c1-2-23-17(24-8-4-10-26-9-3-5-16(26)27)25-12-13-6-7-14(19)11-15(13)18(20,21)22/h6-7,11H,2-5,8-10,12H2,1H3,(H2,23,24,25). The Kier molecular flexibility index (Phi) is 7.44. The van der Waals surface area contributed by atoms with Gasteiger partial charge in [0.05, 0.1) is 12.1 Å². The van der Waals surface area contributed by atoms with E-state index in [1.165, 1.54) is 0 Å². The Morgan fingerprint density at radius 1 is 1.30 bits per heavy atom. The summed E-state index contributed by atoms with van der Waals surface area (Å²) in [5.74, 6) is -0.397. The van der Waals surface area contributed by atoms with E-state index in [-0.39, 0.29) is 18.0 Å². The summed E-state index contributed by atoms with van der Waals surface area (Å²) in [5.41, 5.74) is -1.11. The second-order valence-corrected chi connectivity index (χ2v) is 6.26. The van der Waals surface area contributed by atoms with E-state index < -0.39 is 17.6 Å². The van der Waals surface area contributed by atoms with Crippen molar-refractivity contribution in [2.45, 2.75) is 38.9 Å². The molecule has 1 aliphatic rings. The maximum atomic E-state index is 13.2. The third-order valence-corrected chi connectivity index (χ3v) is 4.20. The summed E-state index contributed by atoms with van der Waals surface area (Å²) in [7, 11) is 0. The van der Waals surface area contributed by atoms with Crippen LogP contribution in [0, 0.1) is 5.82 Å². The van der Waals surface area contributed by atoms with Gasteiger partial charge in [-0.1, -0.05) is 6.07 Å². The van der Waals surface area contributed by atoms with Crippen LogP contribution in [0.4, 0.5) is 17.6 Å². The van der Waals surface area contributed by atoms with Crippen molar-refractivity contribution in [3.8, 4) is 0 Å². The van der Waals surface area contributed by atoms with Crippen molar-refractivity contribution in [1.29, 1.82) is 0 Å². The van der Waals surface area contributed by atoms with Crippen LogP contribution in [0.1, 0.15) is 37.3 Å². The number of hydrogen-bond acceptors (Lipinski definition) is 2. The zero-order valence-electron chi connectivity index (χ0n) is 15.2. The number of carbonyl (C=O) groups excluding carboxylic acids is 1. The van der Waals surface area contributed by atoms with Gasteiger partial charge in [-0.15, -0.1) is 0 Å². The van der Waals surface area contributed by atoms with Gasteiger partial charge in [-0.25, -0.2) is 9.38 Å². The molecule has 27 heavy (non-hydrogen) atoms. The van der Waals surface area contributed by atoms with Crippen molar-refractivity contribution in [2.24, 2.45) is 4.99 Å². The molecule has 1 aromatic rings. The van der Waals surface area contributed by atoms with Gasteiger partial charge < -0.3 is 15.5 Å². The van der Waals surface area contributed by atoms with Gasteiger partial charge in [0.15, 0.2) is 5.96 Å². The summed E-state index contributed by atoms with van der Waals surface area (Å²) in [6, 6.07) is 2.58. The molecule has 1 amide bonds. The monoisotopic (exact) mass is 388 g/mol. The fraction of sp³-hybridized carbons (Fsp3) is 0.556. The molecule has 1 saturated heterocycles. The van der Waals surface area contributed by atoms with Crippen molar-refractivity contribution in [2.75, 3.05) is 26.2 Å². The molecule has 1 fully saturated rings. The van der Waals surface area contributed by atoms with Gasteiger partial charge in [-0.05, 0) is 37.5 Å². The highest BCUT2D eigenvalue weighted by Crippen LogP contribution is 2.32. The molecule has 1 heterocycles. The highest BCUT2D eigenvalue weighted by molar-refractivity contribution is 5.80. The van der Waals surface area contributed by atoms with Crippen molar-refractivity contribution in [3.63, 3.8) is 0 Å². The van der Waals surface area contributed by atoms with E-state index in [2.05, 4.69) is 15.6 Å². The summed E-state index contributed by atoms with van der Waals surface area (Å²) in [4.78, 5) is 17.5. The van der Waals surface area contributed by atoms with Gasteiger partial charge >= 0.3 is 6.18 Å². The lowest BCUT2D eigenvalue weighted by molar-refractivity contribution is -0.138. The summed E-state index contributed by atoms with van der Waals surface area (Å²) in [6.45, 7) is 4.12. The number of benzene rings is 1. The summed E-state index contributed by atoms with van der Waals surface area (Å²) in [6.07, 6.45) is -2.45. The van der Waals surface area contributed by atoms with Crippen molar-refractivity contribution >= 4 is 11.9 Å². The molecule has 0 aliphatic carbocycles. The fourth-order valence-electron chi connectivity index (χ4n) is 2.87. The van der Waals surface area contributed by atoms with E-state index in [0.717, 1.165) is 25.1 Å². The number of nitrogens with zero attached hydrogens (tertiary/aromatic N) is 2. The van der Waals surface area contributed by atoms with E-state index >= 15 is 0 Å². The predicted molar refractivity (Wildman–Crippen MR) is 94.7 cm³/mol. The SMILES string of the molecule is CCNC(=NCc1ccc(F)cc1C(F)(F)F)NCCCN1CCCC1=O. The van der Waals surface area contributed by atoms with E-state index in [0.29, 0.717) is 44.5 Å². The van der Waals surface area contributed by atoms with E-state index in [1.807, 2.05) is 6.92 Å². The largest absolute Gasteiger partial charge is 0.416 e. The molecule has 1 aliphatic heterocycles. The Hall–Kier alpha value is -2.32. The number of guanidine groups is 1. The molecule has 9 heteroatoms. The molecule has 0 unspecified atom stereocenters. The number of amides is 1. The molecule has 2 N–H and O–H groups in total. The number of aliphatic imine (C=N–C) groups is 1. The number of halogens is 4. The lowest BCUT2D eigenvalue weighted by atomic mass is 10.1. The van der Waals surface area contributed by atoms with Gasteiger partial charge in [-0.3, -0.25) is 4.79 Å². The molecule has 0 bridgehead atoms. The first-order chi connectivity index (χ1) is 12.8. The van der Waals surface area contributed by atoms with Crippen LogP contribution in [0.5, 0.6) is 0 Å². The van der Waals surface area contributed by atoms with Crippen LogP contribution >= 0.6 is 0 Å². The van der Waals surface area contributed by atoms with Crippen LogP contribution in [0.3, 0.4) is 0 Å². The van der Waals surface area contributed by atoms with Gasteiger partial charge in [0.25, 0.3) is 0 Å². The first-order valence-electron chi connectivity index (χ1n) is 8.97. The summed E-state index contributed by atoms with van der Waals surface area (Å²) in [5, 5.41) is 6.01. The normalized spacial score (nSPS) is 15.4. The molecule has 0 radical (unpaired) electrons. The average Bonchev–Trinajstić information content (AvgIpc) is 3.01. The topological polar surface area (TPSA) is 56.7 Å². The Morgan fingerprint density at radius 2 is 2.07 bits per heavy atom. The highest BCUT2D eigenvalue weighted by Gasteiger charge is 2.33. The number of alkyl halides is 3. The zero-order chi connectivity index (χ0) is 19.9. The average molecular weight is 388 g/mol. The minimum Gasteiger partial charge on any atom is -0.357 e. The zero-order valence-corrected chi connectivity index (χ0v) is 15.2. The minimum absolute atomic E-state index is 0.0937. The lowest BCUT2D eigenvalue weighted by Crippen LogP contribution is -2.39. The van der Waals surface area contributed by atoms with Crippen LogP contribution in [0.15, 0.2) is 23.2 Å². The molecule has 0 atom stereocenters. The lowest BCUT2D eigenvalue weighted by Gasteiger charge is -2.17. The summed E-state index contributed by atoms with van der Waals surface area (Å²) >= 11 is 0. The molecule has 0 aromatic heterocycles. The second-order valence-electron chi connectivity index (χ2n) is 6.26. The number of hydrogen-bond donors (Lipinski definition) is 2. The van der Waals surface area contributed by atoms with Gasteiger partial charge in [-0.2, -0.15) is 13.2 Å². The maximum absolute atomic E-state index is 13.2. The van der Waals surface area contributed by atoms with Crippen LogP contribution in [0.25, 0.3) is 0 Å². The minimum atomic E-state index is -4.64. The highest BCUT2D eigenvalue weighted by atomic mass is 19.4. The Morgan fingerprint density at radius 3 is 2.70 bits per heavy atom. The van der Waals surface area contributed by atoms with Crippen molar-refractivity contribution in [1.82, 2.24) is 15.5 Å². The van der Waals surface area contributed by atoms with E-state index in [4.69, 9.17) is 0 Å². The molecular formula is C18H24F4N4O. The number of carbonyl (C=O) groups is 1. The third kappa shape index (κ3) is 6.41. The molecule has 150 valence electrons. The third-order valence-electron chi connectivity index (χ3n) is 4.20. The molecule has 5 nitrogen and oxygen atoms in total.